The van der Waals surface area contributed by atoms with Crippen molar-refractivity contribution in [2.24, 2.45) is 0 Å². The lowest BCUT2D eigenvalue weighted by Crippen LogP contribution is -2.41. The van der Waals surface area contributed by atoms with Crippen molar-refractivity contribution in [1.82, 2.24) is 15.0 Å². The van der Waals surface area contributed by atoms with E-state index in [2.05, 4.69) is 81.1 Å². The molecule has 0 radical (unpaired) electrons. The monoisotopic (exact) mass is 479 g/mol. The summed E-state index contributed by atoms with van der Waals surface area (Å²) in [5.41, 5.74) is 4.87. The van der Waals surface area contributed by atoms with Gasteiger partial charge in [0.25, 0.3) is 0 Å². The summed E-state index contributed by atoms with van der Waals surface area (Å²) in [6.45, 7) is 3.88. The number of hydrogen-bond acceptors (Lipinski definition) is 5. The lowest BCUT2D eigenvalue weighted by atomic mass is 10.1. The Morgan fingerprint density at radius 3 is 1.49 bits per heavy atom. The molecule has 3 heterocycles. The van der Waals surface area contributed by atoms with Crippen molar-refractivity contribution in [3.63, 3.8) is 0 Å². The molecule has 188 valence electrons. The van der Waals surface area contributed by atoms with Crippen LogP contribution in [0.3, 0.4) is 0 Å². The number of likely N-dealkylation sites (N-methyl/N-ethyl adjacent to an activating group) is 4. The molecule has 35 heavy (non-hydrogen) atoms. The fraction of sp³-hybridized carbons (Fsp3) is 0.444. The van der Waals surface area contributed by atoms with Gasteiger partial charge >= 0.3 is 0 Å². The molecule has 3 aromatic heterocycles. The van der Waals surface area contributed by atoms with Gasteiger partial charge in [-0.1, -0.05) is 0 Å². The van der Waals surface area contributed by atoms with E-state index in [1.54, 1.807) is 24.5 Å². The number of pyridine rings is 3. The SMILES string of the molecule is CN(CC[N+](C)(C)C)c1ccnc(-c2cc(=O)cc(-c3cc(N(C)CC[N+](C)(C)C)ccn3)[nH]2)c1. The van der Waals surface area contributed by atoms with E-state index in [-0.39, 0.29) is 5.43 Å². The topological polar surface area (TPSA) is 65.1 Å². The van der Waals surface area contributed by atoms with Crippen LogP contribution in [-0.2, 0) is 0 Å². The van der Waals surface area contributed by atoms with Crippen LogP contribution in [0.25, 0.3) is 22.8 Å². The number of hydrogen-bond donors (Lipinski definition) is 1. The van der Waals surface area contributed by atoms with Crippen molar-refractivity contribution in [3.8, 4) is 22.8 Å². The van der Waals surface area contributed by atoms with Crippen LogP contribution < -0.4 is 15.2 Å². The highest BCUT2D eigenvalue weighted by Crippen LogP contribution is 2.24. The van der Waals surface area contributed by atoms with E-state index in [0.717, 1.165) is 57.9 Å². The van der Waals surface area contributed by atoms with E-state index in [1.807, 2.05) is 24.3 Å². The second kappa shape index (κ2) is 10.6. The normalized spacial score (nSPS) is 12.0. The van der Waals surface area contributed by atoms with E-state index in [4.69, 9.17) is 0 Å². The number of aromatic nitrogens is 3. The highest BCUT2D eigenvalue weighted by atomic mass is 16.1. The van der Waals surface area contributed by atoms with Crippen molar-refractivity contribution in [2.45, 2.75) is 0 Å². The van der Waals surface area contributed by atoms with Crippen molar-refractivity contribution >= 4 is 11.4 Å². The summed E-state index contributed by atoms with van der Waals surface area (Å²) in [7, 11) is 17.3. The van der Waals surface area contributed by atoms with Crippen molar-refractivity contribution in [3.05, 3.63) is 59.0 Å². The molecule has 0 fully saturated rings. The first-order valence-electron chi connectivity index (χ1n) is 12.0. The van der Waals surface area contributed by atoms with Crippen LogP contribution in [0.15, 0.2) is 53.6 Å². The molecule has 1 N–H and O–H groups in total. The minimum absolute atomic E-state index is 0.0788. The average Bonchev–Trinajstić information content (AvgIpc) is 2.80. The molecule has 0 spiro atoms. The maximum Gasteiger partial charge on any atom is 0.182 e. The third-order valence-corrected chi connectivity index (χ3v) is 5.98. The first-order chi connectivity index (χ1) is 16.3. The average molecular weight is 480 g/mol. The third-order valence-electron chi connectivity index (χ3n) is 5.98. The number of H-pyrrole nitrogens is 1. The second-order valence-electron chi connectivity index (χ2n) is 11.3. The lowest BCUT2D eigenvalue weighted by molar-refractivity contribution is -0.868. The fourth-order valence-electron chi connectivity index (χ4n) is 3.59. The van der Waals surface area contributed by atoms with Gasteiger partial charge in [-0.05, 0) is 24.3 Å². The number of nitrogens with zero attached hydrogens (tertiary/aromatic N) is 6. The molecule has 0 amide bonds. The molecule has 0 saturated carbocycles. The highest BCUT2D eigenvalue weighted by Gasteiger charge is 2.14. The van der Waals surface area contributed by atoms with Crippen LogP contribution in [0.5, 0.6) is 0 Å². The number of quaternary nitrogens is 2. The van der Waals surface area contributed by atoms with Crippen molar-refractivity contribution in [1.29, 1.82) is 0 Å². The van der Waals surface area contributed by atoms with Gasteiger partial charge in [0.05, 0.1) is 91.2 Å². The number of aromatic amines is 1. The first kappa shape index (κ1) is 26.4. The summed E-state index contributed by atoms with van der Waals surface area (Å²) in [5, 5.41) is 0. The second-order valence-corrected chi connectivity index (χ2v) is 11.3. The minimum Gasteiger partial charge on any atom is -0.369 e. The molecular weight excluding hydrogens is 438 g/mol. The molecule has 0 aliphatic rings. The van der Waals surface area contributed by atoms with Crippen LogP contribution in [0.1, 0.15) is 0 Å². The smallest absolute Gasteiger partial charge is 0.182 e. The maximum atomic E-state index is 12.6. The molecule has 0 atom stereocenters. The predicted molar refractivity (Wildman–Crippen MR) is 146 cm³/mol. The zero-order valence-corrected chi connectivity index (χ0v) is 22.5. The number of anilines is 2. The summed E-state index contributed by atoms with van der Waals surface area (Å²) in [5.74, 6) is 0. The third kappa shape index (κ3) is 7.90. The first-order valence-corrected chi connectivity index (χ1v) is 12.0. The summed E-state index contributed by atoms with van der Waals surface area (Å²) in [6.07, 6.45) is 3.58. The zero-order chi connectivity index (χ0) is 25.8. The van der Waals surface area contributed by atoms with Crippen LogP contribution in [0.2, 0.25) is 0 Å². The largest absolute Gasteiger partial charge is 0.369 e. The van der Waals surface area contributed by atoms with E-state index in [9.17, 15) is 4.79 Å². The molecule has 8 heteroatoms. The number of nitrogens with one attached hydrogen (secondary N) is 1. The van der Waals surface area contributed by atoms with Crippen LogP contribution in [0.4, 0.5) is 11.4 Å². The fourth-order valence-corrected chi connectivity index (χ4v) is 3.59. The Morgan fingerprint density at radius 1 is 0.714 bits per heavy atom. The Hall–Kier alpha value is -3.23. The molecule has 3 rings (SSSR count). The van der Waals surface area contributed by atoms with E-state index in [0.29, 0.717) is 11.4 Å². The molecule has 0 bridgehead atoms. The zero-order valence-electron chi connectivity index (χ0n) is 22.5. The Kier molecular flexibility index (Phi) is 7.97. The standard InChI is InChI=1S/C27H40N7O/c1-31(13-15-33(3,4)5)21-9-11-28-24(17-21)26-19-23(35)20-27(30-26)25-18-22(10-12-29-25)32(2)14-16-34(6,7)8/h9-12,17-20H,13-16H2,1-8H3/q+1/p+1. The van der Waals surface area contributed by atoms with Crippen LogP contribution in [0, 0.1) is 0 Å². The molecule has 8 nitrogen and oxygen atoms in total. The van der Waals surface area contributed by atoms with Gasteiger partial charge < -0.3 is 23.7 Å². The van der Waals surface area contributed by atoms with Crippen molar-refractivity contribution < 1.29 is 8.97 Å². The maximum absolute atomic E-state index is 12.6. The van der Waals surface area contributed by atoms with Gasteiger partial charge in [0.1, 0.15) is 0 Å². The van der Waals surface area contributed by atoms with Crippen LogP contribution >= 0.6 is 0 Å². The number of rotatable bonds is 10. The Bertz CT molecular complexity index is 1100. The summed E-state index contributed by atoms with van der Waals surface area (Å²) in [6, 6.07) is 11.2. The van der Waals surface area contributed by atoms with E-state index >= 15 is 0 Å². The highest BCUT2D eigenvalue weighted by molar-refractivity contribution is 5.66. The quantitative estimate of drug-likeness (QED) is 0.453. The molecule has 0 aromatic carbocycles. The molecule has 0 saturated heterocycles. The summed E-state index contributed by atoms with van der Waals surface area (Å²) in [4.78, 5) is 29.5. The van der Waals surface area contributed by atoms with Gasteiger partial charge in [-0.25, -0.2) is 0 Å². The Morgan fingerprint density at radius 2 is 1.11 bits per heavy atom. The molecule has 3 aromatic rings. The molecule has 0 unspecified atom stereocenters. The molecular formula is C27H41N7O+2. The predicted octanol–water partition coefficient (Wildman–Crippen LogP) is 2.78. The Labute approximate surface area is 209 Å². The van der Waals surface area contributed by atoms with Gasteiger partial charge in [0, 0.05) is 50.0 Å². The minimum atomic E-state index is -0.0788. The van der Waals surface area contributed by atoms with Gasteiger partial charge in [-0.3, -0.25) is 14.8 Å². The van der Waals surface area contributed by atoms with E-state index < -0.39 is 0 Å². The van der Waals surface area contributed by atoms with E-state index in [1.165, 1.54) is 0 Å². The lowest BCUT2D eigenvalue weighted by Gasteiger charge is -2.28. The van der Waals surface area contributed by atoms with Gasteiger partial charge in [0.2, 0.25) is 0 Å². The van der Waals surface area contributed by atoms with Gasteiger partial charge in [-0.15, -0.1) is 0 Å². The van der Waals surface area contributed by atoms with Gasteiger partial charge in [-0.2, -0.15) is 0 Å². The van der Waals surface area contributed by atoms with Gasteiger partial charge in [0.15, 0.2) is 5.43 Å². The molecule has 0 aliphatic carbocycles. The summed E-state index contributed by atoms with van der Waals surface area (Å²) >= 11 is 0. The molecule has 0 aliphatic heterocycles. The summed E-state index contributed by atoms with van der Waals surface area (Å²) < 4.78 is 1.79. The Balaban J connectivity index is 1.87. The van der Waals surface area contributed by atoms with Crippen molar-refractivity contribution in [2.75, 3.05) is 92.4 Å². The van der Waals surface area contributed by atoms with Crippen LogP contribution in [-0.4, -0.2) is 106 Å².